The van der Waals surface area contributed by atoms with Crippen LogP contribution in [0.25, 0.3) is 44.6 Å². The van der Waals surface area contributed by atoms with Gasteiger partial charge >= 0.3 is 0 Å². The highest BCUT2D eigenvalue weighted by Crippen LogP contribution is 2.37. The fraction of sp³-hybridized carbons (Fsp3) is 0.319. The molecule has 6 amide bonds. The Morgan fingerprint density at radius 1 is 0.870 bits per heavy atom. The van der Waals surface area contributed by atoms with E-state index in [0.29, 0.717) is 88.7 Å². The van der Waals surface area contributed by atoms with Gasteiger partial charge in [0, 0.05) is 93.5 Å². The molecule has 5 N–H and O–H groups in total. The van der Waals surface area contributed by atoms with Crippen molar-refractivity contribution in [3.63, 3.8) is 0 Å². The maximum absolute atomic E-state index is 13.6. The van der Waals surface area contributed by atoms with Gasteiger partial charge in [-0.1, -0.05) is 19.1 Å². The second kappa shape index (κ2) is 18.6. The molecule has 0 aliphatic carbocycles. The Balaban J connectivity index is 1.02. The molecule has 22 heteroatoms. The molecule has 0 unspecified atom stereocenters. The number of primary amides is 2. The largest absolute Gasteiger partial charge is 0.491 e. The van der Waals surface area contributed by atoms with E-state index in [0.717, 1.165) is 16.3 Å². The highest BCUT2D eigenvalue weighted by atomic mass is 16.5. The fourth-order valence-corrected chi connectivity index (χ4v) is 8.61. The number of benzene rings is 1. The molecule has 6 aromatic heterocycles. The van der Waals surface area contributed by atoms with Crippen LogP contribution in [0.5, 0.6) is 5.75 Å². The molecule has 0 atom stereocenters. The number of oxazole rings is 1. The summed E-state index contributed by atoms with van der Waals surface area (Å²) in [5.41, 5.74) is 15.7. The summed E-state index contributed by atoms with van der Waals surface area (Å²) in [7, 11) is 0. The Kier molecular flexibility index (Phi) is 12.3. The van der Waals surface area contributed by atoms with Gasteiger partial charge in [0.05, 0.1) is 29.1 Å². The van der Waals surface area contributed by atoms with Gasteiger partial charge in [0.15, 0.2) is 17.4 Å². The van der Waals surface area contributed by atoms with Crippen molar-refractivity contribution >= 4 is 74.5 Å². The van der Waals surface area contributed by atoms with Gasteiger partial charge in [0.1, 0.15) is 22.6 Å². The van der Waals surface area contributed by atoms with Crippen molar-refractivity contribution in [1.82, 2.24) is 53.6 Å². The number of aryl methyl sites for hydroxylation is 4. The van der Waals surface area contributed by atoms with Crippen LogP contribution >= 0.6 is 0 Å². The van der Waals surface area contributed by atoms with Crippen LogP contribution in [0, 0.1) is 19.8 Å². The van der Waals surface area contributed by atoms with E-state index in [2.05, 4.69) is 25.4 Å². The van der Waals surface area contributed by atoms with Crippen molar-refractivity contribution in [2.45, 2.75) is 66.6 Å². The average molecular weight is 937 g/mol. The van der Waals surface area contributed by atoms with Gasteiger partial charge < -0.3 is 30.1 Å². The summed E-state index contributed by atoms with van der Waals surface area (Å²) in [5, 5.41) is 8.71. The lowest BCUT2D eigenvalue weighted by Crippen LogP contribution is -2.51. The highest BCUT2D eigenvalue weighted by molar-refractivity contribution is 6.13. The number of hydrogen-bond donors (Lipinski definition) is 3. The molecule has 0 bridgehead atoms. The maximum atomic E-state index is 13.6. The minimum atomic E-state index is -0.683. The standard InChI is InChI=1S/C47H48N14O8/c1-5-32-40(69-26(4)52-32)46(67)55-47-53-33-19-29(42(49)66)21-51-45(33)60(47)14-8-7-13-59-39-30(31-22-50-43(54-44(31)59)34-17-25(3)56-61(34)6-2)18-28(41(48)65)20-35(39)68-16-12-27-23-57(24-27)36(62)11-15-58-37(63)9-10-38(58)64/h7-10,17-22,27H,5-6,11-16,23-24H2,1-4H3,(H2,48,65)(H2,49,66)(H,53,55,67)/b8-7+. The third-order valence-electron chi connectivity index (χ3n) is 12.1. The molecule has 7 aromatic rings. The molecule has 22 nitrogen and oxygen atoms in total. The smallest absolute Gasteiger partial charge is 0.295 e. The summed E-state index contributed by atoms with van der Waals surface area (Å²) in [4.78, 5) is 101. The van der Waals surface area contributed by atoms with E-state index in [1.165, 1.54) is 24.4 Å². The summed E-state index contributed by atoms with van der Waals surface area (Å²) in [5.74, 6) is -1.38. The minimum Gasteiger partial charge on any atom is -0.491 e. The van der Waals surface area contributed by atoms with Gasteiger partial charge in [-0.2, -0.15) is 5.10 Å². The van der Waals surface area contributed by atoms with Crippen LogP contribution in [-0.2, 0) is 40.4 Å². The number of anilines is 1. The molecular weight excluding hydrogens is 889 g/mol. The summed E-state index contributed by atoms with van der Waals surface area (Å²) in [6.45, 7) is 9.65. The zero-order valence-corrected chi connectivity index (χ0v) is 38.3. The number of imide groups is 1. The van der Waals surface area contributed by atoms with Gasteiger partial charge in [0.25, 0.3) is 17.7 Å². The van der Waals surface area contributed by atoms with Gasteiger partial charge in [-0.25, -0.2) is 24.9 Å². The summed E-state index contributed by atoms with van der Waals surface area (Å²) >= 11 is 0. The molecule has 8 heterocycles. The van der Waals surface area contributed by atoms with Crippen LogP contribution in [0.4, 0.5) is 5.95 Å². The van der Waals surface area contributed by atoms with Crippen LogP contribution < -0.4 is 21.5 Å². The number of allylic oxidation sites excluding steroid dienone is 2. The number of amides is 6. The zero-order chi connectivity index (χ0) is 48.7. The number of fused-ring (bicyclic) bond motifs is 4. The molecule has 2 aliphatic rings. The lowest BCUT2D eigenvalue weighted by Gasteiger charge is -2.39. The van der Waals surface area contributed by atoms with E-state index >= 15 is 0 Å². The maximum Gasteiger partial charge on any atom is 0.295 e. The number of hydrogen-bond acceptors (Lipinski definition) is 14. The third-order valence-corrected chi connectivity index (χ3v) is 12.1. The molecule has 0 saturated carbocycles. The van der Waals surface area contributed by atoms with Crippen LogP contribution in [0.2, 0.25) is 0 Å². The number of likely N-dealkylation sites (tertiary alicyclic amines) is 1. The topological polar surface area (TPSA) is 287 Å². The Hall–Kier alpha value is -8.56. The SMILES string of the molecule is CCc1nc(C)oc1C(=O)Nc1nc2cc(C(N)=O)cnc2n1C/C=C/Cn1c2nc(-c3cc(C)nn3CC)ncc2c2cc(C(N)=O)cc(OCCC3CN(C(=O)CCN4C(=O)C=CC4=O)C3)c21. The third kappa shape index (κ3) is 8.90. The van der Waals surface area contributed by atoms with Crippen molar-refractivity contribution in [2.75, 3.05) is 31.6 Å². The zero-order valence-electron chi connectivity index (χ0n) is 38.3. The number of carbonyl (C=O) groups excluding carboxylic acids is 6. The van der Waals surface area contributed by atoms with E-state index in [4.69, 9.17) is 30.6 Å². The first-order valence-electron chi connectivity index (χ1n) is 22.4. The van der Waals surface area contributed by atoms with E-state index in [9.17, 15) is 28.8 Å². The highest BCUT2D eigenvalue weighted by Gasteiger charge is 2.32. The summed E-state index contributed by atoms with van der Waals surface area (Å²) in [6.07, 6.45) is 10.3. The van der Waals surface area contributed by atoms with Crippen molar-refractivity contribution in [2.24, 2.45) is 17.4 Å². The number of nitrogens with zero attached hydrogens (tertiary/aromatic N) is 11. The van der Waals surface area contributed by atoms with Crippen LogP contribution in [0.3, 0.4) is 0 Å². The van der Waals surface area contributed by atoms with Crippen molar-refractivity contribution in [3.8, 4) is 17.3 Å². The van der Waals surface area contributed by atoms with Crippen LogP contribution in [0.15, 0.2) is 65.4 Å². The number of ether oxygens (including phenoxy) is 1. The monoisotopic (exact) mass is 936 g/mol. The van der Waals surface area contributed by atoms with Crippen molar-refractivity contribution < 1.29 is 37.9 Å². The number of pyridine rings is 1. The Morgan fingerprint density at radius 3 is 2.32 bits per heavy atom. The predicted octanol–water partition coefficient (Wildman–Crippen LogP) is 3.63. The molecular formula is C47H48N14O8. The molecule has 1 saturated heterocycles. The molecule has 2 aliphatic heterocycles. The van der Waals surface area contributed by atoms with Crippen LogP contribution in [-0.4, -0.2) is 115 Å². The fourth-order valence-electron chi connectivity index (χ4n) is 8.61. The second-order valence-corrected chi connectivity index (χ2v) is 16.7. The molecule has 9 rings (SSSR count). The summed E-state index contributed by atoms with van der Waals surface area (Å²) < 4.78 is 17.6. The molecule has 0 radical (unpaired) electrons. The first-order valence-corrected chi connectivity index (χ1v) is 22.4. The molecule has 1 fully saturated rings. The van der Waals surface area contributed by atoms with E-state index in [-0.39, 0.29) is 67.3 Å². The summed E-state index contributed by atoms with van der Waals surface area (Å²) in [6, 6.07) is 6.73. The number of nitrogens with two attached hydrogens (primary N) is 2. The molecule has 1 aromatic carbocycles. The normalized spacial score (nSPS) is 14.0. The molecule has 354 valence electrons. The first kappa shape index (κ1) is 45.6. The van der Waals surface area contributed by atoms with Gasteiger partial charge in [-0.15, -0.1) is 0 Å². The lowest BCUT2D eigenvalue weighted by molar-refractivity contribution is -0.140. The van der Waals surface area contributed by atoms with Crippen molar-refractivity contribution in [1.29, 1.82) is 0 Å². The number of imidazole rings is 1. The number of rotatable bonds is 18. The molecule has 0 spiro atoms. The predicted molar refractivity (Wildman–Crippen MR) is 250 cm³/mol. The quantitative estimate of drug-likeness (QED) is 0.0819. The van der Waals surface area contributed by atoms with Crippen LogP contribution in [0.1, 0.15) is 75.2 Å². The second-order valence-electron chi connectivity index (χ2n) is 16.7. The first-order chi connectivity index (χ1) is 33.2. The van der Waals surface area contributed by atoms with Gasteiger partial charge in [-0.05, 0) is 56.9 Å². The van der Waals surface area contributed by atoms with Gasteiger partial charge in [-0.3, -0.25) is 48.2 Å². The number of aromatic nitrogens is 9. The Bertz CT molecular complexity index is 3300. The lowest BCUT2D eigenvalue weighted by atomic mass is 9.96. The van der Waals surface area contributed by atoms with E-state index in [1.807, 2.05) is 48.2 Å². The number of carbonyl (C=O) groups is 6. The van der Waals surface area contributed by atoms with E-state index in [1.54, 1.807) is 34.7 Å². The Morgan fingerprint density at radius 2 is 1.61 bits per heavy atom. The van der Waals surface area contributed by atoms with Crippen molar-refractivity contribution in [3.05, 3.63) is 95.1 Å². The average Bonchev–Trinajstić information content (AvgIpc) is 4.13. The Labute approximate surface area is 393 Å². The minimum absolute atomic E-state index is 0.0250. The number of nitrogens with one attached hydrogen (secondary N) is 1. The molecule has 69 heavy (non-hydrogen) atoms. The van der Waals surface area contributed by atoms with Gasteiger partial charge in [0.2, 0.25) is 29.4 Å². The van der Waals surface area contributed by atoms with E-state index < -0.39 is 29.5 Å².